The molecule has 0 spiro atoms. The third kappa shape index (κ3) is 4.98. The maximum absolute atomic E-state index is 14.0. The normalized spacial score (nSPS) is 14.1. The molecule has 1 aromatic carbocycles. The fourth-order valence-electron chi connectivity index (χ4n) is 5.58. The van der Waals surface area contributed by atoms with E-state index in [2.05, 4.69) is 61.8 Å². The number of hydrogen-bond acceptors (Lipinski definition) is 4. The third-order valence-electron chi connectivity index (χ3n) is 7.63. The lowest BCUT2D eigenvalue weighted by atomic mass is 9.97. The largest absolute Gasteiger partial charge is 0.358 e. The van der Waals surface area contributed by atoms with Crippen LogP contribution in [0.1, 0.15) is 42.5 Å². The lowest BCUT2D eigenvalue weighted by molar-refractivity contribution is 0.627. The second-order valence-corrected chi connectivity index (χ2v) is 10.3. The highest BCUT2D eigenvalue weighted by molar-refractivity contribution is 5.94. The topological polar surface area (TPSA) is 82.3 Å². The first-order valence-electron chi connectivity index (χ1n) is 13.5. The molecule has 0 radical (unpaired) electrons. The number of benzene rings is 1. The number of aromatic nitrogens is 5. The van der Waals surface area contributed by atoms with Crippen molar-refractivity contribution in [1.82, 2.24) is 25.1 Å². The van der Waals surface area contributed by atoms with E-state index in [1.54, 1.807) is 12.1 Å². The molecule has 1 aliphatic rings. The van der Waals surface area contributed by atoms with Crippen LogP contribution in [0.15, 0.2) is 92.1 Å². The molecule has 0 unspecified atom stereocenters. The van der Waals surface area contributed by atoms with Crippen LogP contribution in [0.25, 0.3) is 39.1 Å². The van der Waals surface area contributed by atoms with Crippen molar-refractivity contribution >= 4 is 22.3 Å². The van der Waals surface area contributed by atoms with E-state index in [-0.39, 0.29) is 5.82 Å². The maximum atomic E-state index is 14.0. The van der Waals surface area contributed by atoms with Gasteiger partial charge in [-0.3, -0.25) is 10.1 Å². The molecule has 1 fully saturated rings. The molecule has 40 heavy (non-hydrogen) atoms. The molecule has 0 amide bonds. The fourth-order valence-corrected chi connectivity index (χ4v) is 5.58. The predicted octanol–water partition coefficient (Wildman–Crippen LogP) is 8.20. The van der Waals surface area contributed by atoms with Crippen LogP contribution in [0, 0.1) is 18.7 Å². The average molecular weight is 531 g/mol. The van der Waals surface area contributed by atoms with Crippen LogP contribution in [0.3, 0.4) is 0 Å². The van der Waals surface area contributed by atoms with Crippen LogP contribution in [0.4, 0.5) is 10.1 Å². The van der Waals surface area contributed by atoms with E-state index in [1.807, 2.05) is 37.7 Å². The van der Waals surface area contributed by atoms with Crippen molar-refractivity contribution in [2.24, 2.45) is 5.92 Å². The van der Waals surface area contributed by atoms with Gasteiger partial charge in [0.15, 0.2) is 5.65 Å². The highest BCUT2D eigenvalue weighted by atomic mass is 19.1. The Balaban J connectivity index is 1.34. The van der Waals surface area contributed by atoms with Crippen molar-refractivity contribution in [2.45, 2.75) is 32.6 Å². The van der Waals surface area contributed by atoms with Gasteiger partial charge in [-0.1, -0.05) is 50.3 Å². The molecule has 0 bridgehead atoms. The molecule has 5 aromatic rings. The molecular weight excluding hydrogens is 499 g/mol. The number of fused-ring (bicyclic) bond motifs is 1. The zero-order valence-electron chi connectivity index (χ0n) is 22.5. The van der Waals surface area contributed by atoms with Crippen LogP contribution in [0.5, 0.6) is 0 Å². The molecule has 0 aliphatic heterocycles. The van der Waals surface area contributed by atoms with Gasteiger partial charge < -0.3 is 10.3 Å². The number of aryl methyl sites for hydroxylation is 1. The second-order valence-electron chi connectivity index (χ2n) is 10.3. The summed E-state index contributed by atoms with van der Waals surface area (Å²) in [5.74, 6) is 0.239. The minimum absolute atomic E-state index is 0.282. The highest BCUT2D eigenvalue weighted by Gasteiger charge is 2.19. The number of pyridine rings is 2. The summed E-state index contributed by atoms with van der Waals surface area (Å²) in [4.78, 5) is 12.6. The molecular formula is C33H31FN6. The van der Waals surface area contributed by atoms with Gasteiger partial charge in [0.25, 0.3) is 0 Å². The minimum atomic E-state index is -0.282. The Morgan fingerprint density at radius 3 is 2.70 bits per heavy atom. The van der Waals surface area contributed by atoms with Crippen molar-refractivity contribution in [3.8, 4) is 22.5 Å². The highest BCUT2D eigenvalue weighted by Crippen LogP contribution is 2.35. The van der Waals surface area contributed by atoms with Gasteiger partial charge >= 0.3 is 0 Å². The zero-order chi connectivity index (χ0) is 27.6. The number of rotatable bonds is 8. The maximum Gasteiger partial charge on any atom is 0.181 e. The summed E-state index contributed by atoms with van der Waals surface area (Å²) in [6.45, 7) is 10.1. The Kier molecular flexibility index (Phi) is 6.86. The monoisotopic (exact) mass is 530 g/mol. The quantitative estimate of drug-likeness (QED) is 0.177. The van der Waals surface area contributed by atoms with Crippen molar-refractivity contribution in [2.75, 3.05) is 5.32 Å². The first-order chi connectivity index (χ1) is 19.5. The van der Waals surface area contributed by atoms with Gasteiger partial charge in [0.05, 0.1) is 23.3 Å². The van der Waals surface area contributed by atoms with Crippen molar-refractivity contribution in [3.63, 3.8) is 0 Å². The molecule has 7 heteroatoms. The number of halogens is 1. The number of aromatic amines is 2. The Labute approximate surface area is 232 Å². The van der Waals surface area contributed by atoms with Gasteiger partial charge in [-0.15, -0.1) is 0 Å². The Morgan fingerprint density at radius 2 is 1.90 bits per heavy atom. The molecule has 200 valence electrons. The lowest BCUT2D eigenvalue weighted by Crippen LogP contribution is -2.07. The summed E-state index contributed by atoms with van der Waals surface area (Å²) < 4.78 is 14.0. The van der Waals surface area contributed by atoms with E-state index in [9.17, 15) is 4.39 Å². The van der Waals surface area contributed by atoms with E-state index in [4.69, 9.17) is 0 Å². The second kappa shape index (κ2) is 10.8. The van der Waals surface area contributed by atoms with E-state index in [0.717, 1.165) is 61.7 Å². The van der Waals surface area contributed by atoms with Gasteiger partial charge in [-0.2, -0.15) is 5.10 Å². The SMILES string of the molecule is C=C/C=C(/c1cccc(F)c1)c1cc(-c2[nH]nc3ncc(-c4cncc(NC(=C)C5CCCC5)c4)cc23)[nH]c1C. The number of hydrogen-bond donors (Lipinski definition) is 3. The van der Waals surface area contributed by atoms with E-state index in [1.165, 1.54) is 37.8 Å². The predicted molar refractivity (Wildman–Crippen MR) is 160 cm³/mol. The molecule has 3 N–H and O–H groups in total. The summed E-state index contributed by atoms with van der Waals surface area (Å²) in [6.07, 6.45) is 14.0. The number of nitrogens with one attached hydrogen (secondary N) is 3. The smallest absolute Gasteiger partial charge is 0.181 e. The van der Waals surface area contributed by atoms with Gasteiger partial charge in [-0.05, 0) is 67.2 Å². The van der Waals surface area contributed by atoms with E-state index in [0.29, 0.717) is 11.6 Å². The van der Waals surface area contributed by atoms with E-state index < -0.39 is 0 Å². The molecule has 4 aromatic heterocycles. The average Bonchev–Trinajstić information content (AvgIpc) is 3.72. The van der Waals surface area contributed by atoms with Gasteiger partial charge in [0, 0.05) is 45.9 Å². The van der Waals surface area contributed by atoms with Gasteiger partial charge in [0.1, 0.15) is 5.82 Å². The Bertz CT molecular complexity index is 1750. The lowest BCUT2D eigenvalue weighted by Gasteiger charge is -2.15. The summed E-state index contributed by atoms with van der Waals surface area (Å²) in [7, 11) is 0. The Hall–Kier alpha value is -4.78. The number of allylic oxidation sites excluding steroid dienone is 3. The van der Waals surface area contributed by atoms with Crippen molar-refractivity contribution < 1.29 is 4.39 Å². The summed E-state index contributed by atoms with van der Waals surface area (Å²) >= 11 is 0. The summed E-state index contributed by atoms with van der Waals surface area (Å²) in [6, 6.07) is 12.8. The molecule has 6 nitrogen and oxygen atoms in total. The van der Waals surface area contributed by atoms with Crippen LogP contribution in [-0.2, 0) is 0 Å². The van der Waals surface area contributed by atoms with Crippen molar-refractivity contribution in [3.05, 3.63) is 115 Å². The fraction of sp³-hybridized carbons (Fsp3) is 0.182. The van der Waals surface area contributed by atoms with Crippen LogP contribution >= 0.6 is 0 Å². The molecule has 0 saturated heterocycles. The van der Waals surface area contributed by atoms with Crippen molar-refractivity contribution in [1.29, 1.82) is 0 Å². The summed E-state index contributed by atoms with van der Waals surface area (Å²) in [5, 5.41) is 12.0. The number of anilines is 1. The summed E-state index contributed by atoms with van der Waals surface area (Å²) in [5.41, 5.74) is 9.75. The number of nitrogens with zero attached hydrogens (tertiary/aromatic N) is 3. The number of H-pyrrole nitrogens is 2. The van der Waals surface area contributed by atoms with E-state index >= 15 is 0 Å². The molecule has 4 heterocycles. The molecule has 1 saturated carbocycles. The van der Waals surface area contributed by atoms with Crippen LogP contribution in [-0.4, -0.2) is 25.1 Å². The zero-order valence-corrected chi connectivity index (χ0v) is 22.5. The third-order valence-corrected chi connectivity index (χ3v) is 7.63. The first-order valence-corrected chi connectivity index (χ1v) is 13.5. The molecule has 0 atom stereocenters. The molecule has 1 aliphatic carbocycles. The molecule has 6 rings (SSSR count). The Morgan fingerprint density at radius 1 is 1.07 bits per heavy atom. The van der Waals surface area contributed by atoms with Gasteiger partial charge in [0.2, 0.25) is 0 Å². The first kappa shape index (κ1) is 25.5. The van der Waals surface area contributed by atoms with Gasteiger partial charge in [-0.25, -0.2) is 9.37 Å². The van der Waals surface area contributed by atoms with Crippen LogP contribution < -0.4 is 5.32 Å². The standard InChI is InChI=1S/C33H31FN6/c1-4-8-28(23-11-7-12-26(34)13-23)29-16-31(38-21(29)3)32-30-15-25(18-36-33(30)40-39-32)24-14-27(19-35-17-24)37-20(2)22-9-5-6-10-22/h4,7-8,11-19,22,37-38H,1-2,5-6,9-10H2,3H3,(H,36,39,40)/b28-8-. The minimum Gasteiger partial charge on any atom is -0.358 e. The van der Waals surface area contributed by atoms with Crippen LogP contribution in [0.2, 0.25) is 0 Å².